The van der Waals surface area contributed by atoms with Gasteiger partial charge in [0, 0.05) is 18.7 Å². The number of hydrogen-bond acceptors (Lipinski definition) is 5. The lowest BCUT2D eigenvalue weighted by atomic mass is 9.85. The van der Waals surface area contributed by atoms with Crippen LogP contribution in [0.2, 0.25) is 0 Å². The van der Waals surface area contributed by atoms with Gasteiger partial charge in [-0.05, 0) is 60.3 Å². The first kappa shape index (κ1) is 26.5. The van der Waals surface area contributed by atoms with Crippen molar-refractivity contribution in [1.29, 1.82) is 0 Å². The van der Waals surface area contributed by atoms with Gasteiger partial charge in [0.15, 0.2) is 0 Å². The lowest BCUT2D eigenvalue weighted by Crippen LogP contribution is -2.38. The van der Waals surface area contributed by atoms with E-state index < -0.39 is 17.7 Å². The normalized spacial score (nSPS) is 17.9. The number of amides is 1. The van der Waals surface area contributed by atoms with Crippen LogP contribution in [0, 0.1) is 6.92 Å². The van der Waals surface area contributed by atoms with Gasteiger partial charge in [-0.2, -0.15) is 0 Å². The molecule has 0 bridgehead atoms. The number of nitrogens with zero attached hydrogens (tertiary/aromatic N) is 2. The van der Waals surface area contributed by atoms with Gasteiger partial charge in [-0.3, -0.25) is 9.59 Å². The van der Waals surface area contributed by atoms with Crippen molar-refractivity contribution in [2.45, 2.75) is 53.0 Å². The van der Waals surface area contributed by atoms with Crippen LogP contribution in [-0.2, 0) is 15.0 Å². The first-order valence-electron chi connectivity index (χ1n) is 12.3. The summed E-state index contributed by atoms with van der Waals surface area (Å²) in [5.74, 6) is -0.719. The third-order valence-electron chi connectivity index (χ3n) is 6.87. The largest absolute Gasteiger partial charge is 0.507 e. The van der Waals surface area contributed by atoms with Crippen molar-refractivity contribution in [2.75, 3.05) is 33.3 Å². The maximum absolute atomic E-state index is 13.3. The molecule has 6 nitrogen and oxygen atoms in total. The van der Waals surface area contributed by atoms with Crippen LogP contribution < -0.4 is 4.74 Å². The lowest BCUT2D eigenvalue weighted by molar-refractivity contribution is -0.140. The van der Waals surface area contributed by atoms with Crippen LogP contribution in [0.5, 0.6) is 5.75 Å². The Morgan fingerprint density at radius 2 is 1.69 bits per heavy atom. The van der Waals surface area contributed by atoms with E-state index in [4.69, 9.17) is 4.74 Å². The van der Waals surface area contributed by atoms with E-state index in [1.54, 1.807) is 30.2 Å². The van der Waals surface area contributed by atoms with Crippen molar-refractivity contribution in [2.24, 2.45) is 0 Å². The van der Waals surface area contributed by atoms with E-state index in [1.807, 2.05) is 31.2 Å². The molecule has 3 rings (SSSR count). The number of likely N-dealkylation sites (N-methyl/N-ethyl adjacent to an activating group) is 1. The minimum absolute atomic E-state index is 0.0245. The summed E-state index contributed by atoms with van der Waals surface area (Å²) >= 11 is 0. The number of carbonyl (C=O) groups excluding carboxylic acids is 2. The summed E-state index contributed by atoms with van der Waals surface area (Å²) in [6.07, 6.45) is 0. The fourth-order valence-electron chi connectivity index (χ4n) is 4.59. The minimum atomic E-state index is -0.652. The molecule has 2 aromatic carbocycles. The van der Waals surface area contributed by atoms with Gasteiger partial charge < -0.3 is 19.6 Å². The predicted octanol–water partition coefficient (Wildman–Crippen LogP) is 5.06. The number of rotatable bonds is 8. The average Bonchev–Trinajstić information content (AvgIpc) is 3.08. The van der Waals surface area contributed by atoms with Gasteiger partial charge in [-0.1, -0.05) is 58.9 Å². The van der Waals surface area contributed by atoms with Gasteiger partial charge in [-0.15, -0.1) is 0 Å². The second-order valence-electron chi connectivity index (χ2n) is 10.1. The third kappa shape index (κ3) is 5.43. The number of aliphatic hydroxyl groups excluding tert-OH is 1. The summed E-state index contributed by atoms with van der Waals surface area (Å²) in [6, 6.07) is 12.6. The number of aliphatic hydroxyl groups is 1. The second-order valence-corrected chi connectivity index (χ2v) is 10.1. The van der Waals surface area contributed by atoms with Crippen LogP contribution in [0.4, 0.5) is 0 Å². The fraction of sp³-hybridized carbons (Fsp3) is 0.448. The van der Waals surface area contributed by atoms with Crippen LogP contribution in [0.25, 0.3) is 5.76 Å². The Morgan fingerprint density at radius 3 is 2.20 bits per heavy atom. The first-order chi connectivity index (χ1) is 16.5. The Bertz CT molecular complexity index is 1110. The number of aryl methyl sites for hydroxylation is 1. The van der Waals surface area contributed by atoms with Crippen LogP contribution in [0.15, 0.2) is 48.0 Å². The van der Waals surface area contributed by atoms with Gasteiger partial charge in [0.2, 0.25) is 0 Å². The maximum Gasteiger partial charge on any atom is 0.295 e. The molecule has 0 aromatic heterocycles. The molecule has 1 saturated heterocycles. The molecule has 1 atom stereocenters. The molecule has 0 radical (unpaired) electrons. The summed E-state index contributed by atoms with van der Waals surface area (Å²) in [5, 5.41) is 11.4. The van der Waals surface area contributed by atoms with E-state index in [1.165, 1.54) is 0 Å². The Morgan fingerprint density at radius 1 is 1.06 bits per heavy atom. The highest BCUT2D eigenvalue weighted by atomic mass is 16.5. The van der Waals surface area contributed by atoms with Gasteiger partial charge in [-0.25, -0.2) is 0 Å². The summed E-state index contributed by atoms with van der Waals surface area (Å²) in [6.45, 7) is 15.2. The number of ketones is 1. The Hall–Kier alpha value is -3.12. The van der Waals surface area contributed by atoms with Crippen molar-refractivity contribution in [3.8, 4) is 5.75 Å². The highest BCUT2D eigenvalue weighted by molar-refractivity contribution is 6.46. The number of carbonyl (C=O) groups is 2. The molecule has 0 spiro atoms. The molecule has 1 heterocycles. The lowest BCUT2D eigenvalue weighted by Gasteiger charge is -2.29. The molecule has 35 heavy (non-hydrogen) atoms. The molecule has 1 amide bonds. The summed E-state index contributed by atoms with van der Waals surface area (Å²) in [5.41, 5.74) is 3.36. The van der Waals surface area contributed by atoms with E-state index in [0.717, 1.165) is 29.8 Å². The van der Waals surface area contributed by atoms with E-state index >= 15 is 0 Å². The van der Waals surface area contributed by atoms with Crippen molar-refractivity contribution >= 4 is 17.4 Å². The number of likely N-dealkylation sites (tertiary alicyclic amines) is 1. The van der Waals surface area contributed by atoms with Crippen LogP contribution >= 0.6 is 0 Å². The zero-order valence-corrected chi connectivity index (χ0v) is 22.0. The Balaban J connectivity index is 2.14. The maximum atomic E-state index is 13.3. The molecule has 0 aliphatic carbocycles. The second kappa shape index (κ2) is 10.6. The Kier molecular flexibility index (Phi) is 8.06. The molecule has 0 unspecified atom stereocenters. The number of methoxy groups -OCH3 is 1. The molecule has 6 heteroatoms. The van der Waals surface area contributed by atoms with Crippen LogP contribution in [-0.4, -0.2) is 59.9 Å². The van der Waals surface area contributed by atoms with Gasteiger partial charge in [0.25, 0.3) is 11.7 Å². The molecule has 1 aliphatic heterocycles. The fourth-order valence-corrected chi connectivity index (χ4v) is 4.59. The zero-order valence-electron chi connectivity index (χ0n) is 22.0. The highest BCUT2D eigenvalue weighted by Gasteiger charge is 2.46. The molecular formula is C29H38N2O4. The first-order valence-corrected chi connectivity index (χ1v) is 12.3. The van der Waals surface area contributed by atoms with Gasteiger partial charge in [0.1, 0.15) is 11.5 Å². The van der Waals surface area contributed by atoms with Gasteiger partial charge in [0.05, 0.1) is 18.7 Å². The topological polar surface area (TPSA) is 70.1 Å². The summed E-state index contributed by atoms with van der Waals surface area (Å²) in [4.78, 5) is 30.4. The van der Waals surface area contributed by atoms with E-state index in [-0.39, 0.29) is 16.7 Å². The van der Waals surface area contributed by atoms with Crippen molar-refractivity contribution in [1.82, 2.24) is 9.80 Å². The van der Waals surface area contributed by atoms with Crippen LogP contribution in [0.3, 0.4) is 0 Å². The standard InChI is InChI=1S/C29H38N2O4/c1-8-30(9-2)16-17-31-25(20-10-12-21(13-11-20)29(4,5)6)24(27(33)28(31)34)26(32)23-15-14-22(35-7)18-19(23)3/h10-15,18,25,32H,8-9,16-17H2,1-7H3/t25-/m0/s1. The van der Waals surface area contributed by atoms with Crippen LogP contribution in [0.1, 0.15) is 62.9 Å². The summed E-state index contributed by atoms with van der Waals surface area (Å²) < 4.78 is 5.28. The number of hydrogen-bond donors (Lipinski definition) is 1. The van der Waals surface area contributed by atoms with Crippen molar-refractivity contribution in [3.63, 3.8) is 0 Å². The molecule has 0 saturated carbocycles. The van der Waals surface area contributed by atoms with Gasteiger partial charge >= 0.3 is 0 Å². The molecule has 2 aromatic rings. The van der Waals surface area contributed by atoms with E-state index in [2.05, 4.69) is 39.5 Å². The smallest absolute Gasteiger partial charge is 0.295 e. The number of benzene rings is 2. The van der Waals surface area contributed by atoms with Crippen molar-refractivity contribution < 1.29 is 19.4 Å². The third-order valence-corrected chi connectivity index (χ3v) is 6.87. The molecule has 188 valence electrons. The molecular weight excluding hydrogens is 440 g/mol. The molecule has 1 N–H and O–H groups in total. The highest BCUT2D eigenvalue weighted by Crippen LogP contribution is 2.40. The molecule has 1 aliphatic rings. The summed E-state index contributed by atoms with van der Waals surface area (Å²) in [7, 11) is 1.58. The Labute approximate surface area is 209 Å². The molecule has 1 fully saturated rings. The number of ether oxygens (including phenoxy) is 1. The minimum Gasteiger partial charge on any atom is -0.507 e. The monoisotopic (exact) mass is 478 g/mol. The predicted molar refractivity (Wildman–Crippen MR) is 140 cm³/mol. The van der Waals surface area contributed by atoms with E-state index in [0.29, 0.717) is 24.4 Å². The quantitative estimate of drug-likeness (QED) is 0.326. The zero-order chi connectivity index (χ0) is 25.9. The van der Waals surface area contributed by atoms with Crippen molar-refractivity contribution in [3.05, 3.63) is 70.3 Å². The SMILES string of the molecule is CCN(CC)CCN1C(=O)C(=O)C(=C(O)c2ccc(OC)cc2C)[C@@H]1c1ccc(C(C)(C)C)cc1. The number of Topliss-reactive ketones (excluding diaryl/α,β-unsaturated/α-hetero) is 1. The van der Waals surface area contributed by atoms with E-state index in [9.17, 15) is 14.7 Å². The average molecular weight is 479 g/mol.